The molecule has 31 heavy (non-hydrogen) atoms. The van der Waals surface area contributed by atoms with Crippen LogP contribution in [0.1, 0.15) is 19.4 Å². The minimum Gasteiger partial charge on any atom is -0.497 e. The molecule has 3 rings (SSSR count). The second-order valence-electron chi connectivity index (χ2n) is 6.45. The van der Waals surface area contributed by atoms with E-state index in [0.29, 0.717) is 29.4 Å². The maximum atomic E-state index is 12.8. The normalized spacial score (nSPS) is 15.8. The number of hydrogen-bond donors (Lipinski definition) is 1. The van der Waals surface area contributed by atoms with Crippen LogP contribution in [0.5, 0.6) is 17.2 Å². The summed E-state index contributed by atoms with van der Waals surface area (Å²) in [5.41, 5.74) is 1.06. The molecule has 1 unspecified atom stereocenters. The van der Waals surface area contributed by atoms with Crippen LogP contribution >= 0.6 is 11.8 Å². The van der Waals surface area contributed by atoms with Gasteiger partial charge in [-0.3, -0.25) is 9.59 Å². The zero-order valence-corrected chi connectivity index (χ0v) is 18.0. The first-order valence-electron chi connectivity index (χ1n) is 9.42. The third-order valence-corrected chi connectivity index (χ3v) is 5.21. The van der Waals surface area contributed by atoms with Crippen molar-refractivity contribution >= 4 is 40.6 Å². The van der Waals surface area contributed by atoms with Gasteiger partial charge in [0.05, 0.1) is 24.3 Å². The molecule has 0 spiro atoms. The van der Waals surface area contributed by atoms with E-state index >= 15 is 0 Å². The van der Waals surface area contributed by atoms with Crippen molar-refractivity contribution in [1.29, 1.82) is 0 Å². The van der Waals surface area contributed by atoms with Crippen LogP contribution in [0.15, 0.2) is 47.4 Å². The average Bonchev–Trinajstić information content (AvgIpc) is 3.03. The average molecular weight is 443 g/mol. The van der Waals surface area contributed by atoms with Crippen LogP contribution in [0.25, 0.3) is 6.08 Å². The monoisotopic (exact) mass is 443 g/mol. The molecule has 1 saturated heterocycles. The molecule has 0 bridgehead atoms. The third kappa shape index (κ3) is 5.00. The Morgan fingerprint density at radius 2 is 1.87 bits per heavy atom. The molecule has 1 aliphatic heterocycles. The zero-order valence-electron chi connectivity index (χ0n) is 17.2. The topological polar surface area (TPSA) is 102 Å². The zero-order chi connectivity index (χ0) is 22.5. The van der Waals surface area contributed by atoms with E-state index in [1.165, 1.54) is 14.0 Å². The summed E-state index contributed by atoms with van der Waals surface area (Å²) in [5, 5.41) is 8.65. The summed E-state index contributed by atoms with van der Waals surface area (Å²) in [6, 6.07) is 11.5. The van der Waals surface area contributed by atoms with Crippen LogP contribution in [-0.4, -0.2) is 42.0 Å². The van der Waals surface area contributed by atoms with Crippen molar-refractivity contribution in [3.63, 3.8) is 0 Å². The number of nitrogens with zero attached hydrogens (tertiary/aromatic N) is 1. The second-order valence-corrected chi connectivity index (χ2v) is 7.45. The molecule has 0 radical (unpaired) electrons. The summed E-state index contributed by atoms with van der Waals surface area (Å²) in [7, 11) is 1.53. The second kappa shape index (κ2) is 9.57. The van der Waals surface area contributed by atoms with E-state index in [2.05, 4.69) is 0 Å². The molecule has 1 heterocycles. The van der Waals surface area contributed by atoms with E-state index in [4.69, 9.17) is 19.3 Å². The third-order valence-electron chi connectivity index (χ3n) is 4.34. The lowest BCUT2D eigenvalue weighted by Crippen LogP contribution is -2.27. The van der Waals surface area contributed by atoms with E-state index in [-0.39, 0.29) is 10.7 Å². The first kappa shape index (κ1) is 22.2. The number of hydrogen-bond acceptors (Lipinski definition) is 7. The highest BCUT2D eigenvalue weighted by Gasteiger charge is 2.36. The minimum absolute atomic E-state index is 0.260. The summed E-state index contributed by atoms with van der Waals surface area (Å²) in [6.45, 7) is 3.55. The molecule has 1 atom stereocenters. The van der Waals surface area contributed by atoms with Crippen LogP contribution in [0.2, 0.25) is 0 Å². The number of carbonyl (C=O) groups excluding carboxylic acids is 2. The number of imide groups is 1. The molecule has 162 valence electrons. The molecule has 2 aromatic carbocycles. The molecular weight excluding hydrogens is 422 g/mol. The molecular formula is C22H21NO7S. The molecule has 9 heteroatoms. The Hall–Kier alpha value is -3.46. The number of aliphatic carboxylic acids is 1. The number of thioether (sulfide) groups is 1. The summed E-state index contributed by atoms with van der Waals surface area (Å²) in [5.74, 6) is -0.287. The standard InChI is InChI=1S/C22H21NO7S/c1-4-29-18-11-14(5-10-17(18)30-13(2)21(25)26)12-19-20(24)23(22(27)31-19)15-6-8-16(28-3)9-7-15/h5-13H,4H2,1-3H3,(H,25,26)/b19-12+. The highest BCUT2D eigenvalue weighted by atomic mass is 32.2. The smallest absolute Gasteiger partial charge is 0.344 e. The Morgan fingerprint density at radius 3 is 2.48 bits per heavy atom. The fourth-order valence-electron chi connectivity index (χ4n) is 2.79. The molecule has 0 saturated carbocycles. The van der Waals surface area contributed by atoms with Gasteiger partial charge in [0.2, 0.25) is 0 Å². The summed E-state index contributed by atoms with van der Waals surface area (Å²) < 4.78 is 16.1. The van der Waals surface area contributed by atoms with Gasteiger partial charge in [0.15, 0.2) is 17.6 Å². The maximum absolute atomic E-state index is 12.8. The molecule has 0 aliphatic carbocycles. The van der Waals surface area contributed by atoms with Gasteiger partial charge in [-0.1, -0.05) is 6.07 Å². The van der Waals surface area contributed by atoms with Gasteiger partial charge >= 0.3 is 5.97 Å². The van der Waals surface area contributed by atoms with E-state index in [9.17, 15) is 14.4 Å². The Morgan fingerprint density at radius 1 is 1.16 bits per heavy atom. The highest BCUT2D eigenvalue weighted by molar-refractivity contribution is 8.19. The number of carboxylic acid groups (broad SMARTS) is 1. The van der Waals surface area contributed by atoms with Crippen molar-refractivity contribution in [2.45, 2.75) is 20.0 Å². The van der Waals surface area contributed by atoms with E-state index in [1.807, 2.05) is 0 Å². The molecule has 1 N–H and O–H groups in total. The van der Waals surface area contributed by atoms with Crippen LogP contribution in [-0.2, 0) is 9.59 Å². The first-order valence-corrected chi connectivity index (χ1v) is 10.2. The lowest BCUT2D eigenvalue weighted by Gasteiger charge is -2.15. The number of carboxylic acids is 1. The Labute approximate surface area is 183 Å². The molecule has 0 aromatic heterocycles. The summed E-state index contributed by atoms with van der Waals surface area (Å²) in [6.07, 6.45) is 0.535. The van der Waals surface area contributed by atoms with Gasteiger partial charge in [0.25, 0.3) is 11.1 Å². The van der Waals surface area contributed by atoms with Crippen LogP contribution < -0.4 is 19.1 Å². The van der Waals surface area contributed by atoms with Crippen molar-refractivity contribution in [2.75, 3.05) is 18.6 Å². The summed E-state index contributed by atoms with van der Waals surface area (Å²) in [4.78, 5) is 37.7. The van der Waals surface area contributed by atoms with Crippen LogP contribution in [0.4, 0.5) is 10.5 Å². The number of ether oxygens (including phenoxy) is 3. The lowest BCUT2D eigenvalue weighted by atomic mass is 10.1. The Kier molecular flexibility index (Phi) is 6.86. The van der Waals surface area contributed by atoms with Crippen molar-refractivity contribution in [1.82, 2.24) is 0 Å². The largest absolute Gasteiger partial charge is 0.497 e. The van der Waals surface area contributed by atoms with Gasteiger partial charge in [-0.25, -0.2) is 9.69 Å². The predicted octanol–water partition coefficient (Wildman–Crippen LogP) is 4.19. The SMILES string of the molecule is CCOc1cc(/C=C2/SC(=O)N(c3ccc(OC)cc3)C2=O)ccc1OC(C)C(=O)O. The number of anilines is 1. The Balaban J connectivity index is 1.86. The minimum atomic E-state index is -1.10. The van der Waals surface area contributed by atoms with Crippen molar-refractivity contribution < 1.29 is 33.7 Å². The first-order chi connectivity index (χ1) is 14.8. The number of amides is 2. The van der Waals surface area contributed by atoms with Crippen molar-refractivity contribution in [2.24, 2.45) is 0 Å². The number of benzene rings is 2. The molecule has 2 aromatic rings. The van der Waals surface area contributed by atoms with E-state index in [0.717, 1.165) is 16.7 Å². The van der Waals surface area contributed by atoms with E-state index in [1.54, 1.807) is 55.5 Å². The van der Waals surface area contributed by atoms with Gasteiger partial charge in [0, 0.05) is 0 Å². The quantitative estimate of drug-likeness (QED) is 0.606. The highest BCUT2D eigenvalue weighted by Crippen LogP contribution is 2.37. The van der Waals surface area contributed by atoms with Gasteiger partial charge in [-0.15, -0.1) is 0 Å². The Bertz CT molecular complexity index is 1030. The van der Waals surface area contributed by atoms with Gasteiger partial charge < -0.3 is 19.3 Å². The van der Waals surface area contributed by atoms with E-state index < -0.39 is 23.2 Å². The van der Waals surface area contributed by atoms with Crippen LogP contribution in [0.3, 0.4) is 0 Å². The van der Waals surface area contributed by atoms with Gasteiger partial charge in [-0.2, -0.15) is 0 Å². The fourth-order valence-corrected chi connectivity index (χ4v) is 3.64. The molecule has 1 aliphatic rings. The molecule has 2 amide bonds. The van der Waals surface area contributed by atoms with Crippen LogP contribution in [0, 0.1) is 0 Å². The number of methoxy groups -OCH3 is 1. The molecule has 1 fully saturated rings. The lowest BCUT2D eigenvalue weighted by molar-refractivity contribution is -0.144. The number of rotatable bonds is 8. The molecule has 8 nitrogen and oxygen atoms in total. The fraction of sp³-hybridized carbons (Fsp3) is 0.227. The number of carbonyl (C=O) groups is 3. The maximum Gasteiger partial charge on any atom is 0.344 e. The van der Waals surface area contributed by atoms with Gasteiger partial charge in [-0.05, 0) is 73.6 Å². The van der Waals surface area contributed by atoms with Crippen molar-refractivity contribution in [3.05, 3.63) is 52.9 Å². The van der Waals surface area contributed by atoms with Gasteiger partial charge in [0.1, 0.15) is 5.75 Å². The van der Waals surface area contributed by atoms with Crippen molar-refractivity contribution in [3.8, 4) is 17.2 Å². The predicted molar refractivity (Wildman–Crippen MR) is 117 cm³/mol. The summed E-state index contributed by atoms with van der Waals surface area (Å²) >= 11 is 0.837.